The highest BCUT2D eigenvalue weighted by molar-refractivity contribution is 5.87. The maximum atomic E-state index is 13.4. The third-order valence-corrected chi connectivity index (χ3v) is 5.53. The maximum absolute atomic E-state index is 13.4. The highest BCUT2D eigenvalue weighted by Gasteiger charge is 2.31. The lowest BCUT2D eigenvalue weighted by atomic mass is 10.0. The minimum Gasteiger partial charge on any atom is -0.474 e. The summed E-state index contributed by atoms with van der Waals surface area (Å²) in [6, 6.07) is 23.4. The quantitative estimate of drug-likeness (QED) is 0.592. The summed E-state index contributed by atoms with van der Waals surface area (Å²) >= 11 is 0. The Morgan fingerprint density at radius 3 is 2.27 bits per heavy atom. The molecule has 2 heterocycles. The first-order valence-electron chi connectivity index (χ1n) is 11.1. The molecular weight excluding hydrogens is 418 g/mol. The molecule has 0 spiro atoms. The molecule has 2 aromatic carbocycles. The highest BCUT2D eigenvalue weighted by Crippen LogP contribution is 2.22. The first-order valence-corrected chi connectivity index (χ1v) is 11.1. The number of hydrogen-bond acceptors (Lipinski definition) is 5. The van der Waals surface area contributed by atoms with Gasteiger partial charge in [0.15, 0.2) is 0 Å². The van der Waals surface area contributed by atoms with E-state index in [0.717, 1.165) is 5.56 Å². The molecule has 1 atom stereocenters. The smallest absolute Gasteiger partial charge is 0.408 e. The summed E-state index contributed by atoms with van der Waals surface area (Å²) in [5.41, 5.74) is 1.59. The Hall–Kier alpha value is -3.87. The van der Waals surface area contributed by atoms with Gasteiger partial charge in [0.1, 0.15) is 18.8 Å². The van der Waals surface area contributed by atoms with Crippen molar-refractivity contribution >= 4 is 12.0 Å². The summed E-state index contributed by atoms with van der Waals surface area (Å²) in [5.74, 6) is 0.432. The zero-order chi connectivity index (χ0) is 22.9. The molecule has 3 aromatic rings. The average Bonchev–Trinajstić information content (AvgIpc) is 2.88. The number of nitrogens with zero attached hydrogens (tertiary/aromatic N) is 2. The SMILES string of the molecule is O=C(N[C@@H](C(=O)N1CCC(Oc2ccccn2)CC1)c1ccccc1)OCc1ccccc1. The van der Waals surface area contributed by atoms with E-state index in [1.165, 1.54) is 0 Å². The zero-order valence-electron chi connectivity index (χ0n) is 18.3. The summed E-state index contributed by atoms with van der Waals surface area (Å²) in [7, 11) is 0. The van der Waals surface area contributed by atoms with Gasteiger partial charge in [0.2, 0.25) is 11.8 Å². The lowest BCUT2D eigenvalue weighted by Crippen LogP contribution is -2.47. The standard InChI is InChI=1S/C26H27N3O4/c30-25(29-17-14-22(15-18-29)33-23-13-7-8-16-27-23)24(21-11-5-2-6-12-21)28-26(31)32-19-20-9-3-1-4-10-20/h1-13,16,22,24H,14-15,17-19H2,(H,28,31)/t24-/m1/s1. The molecule has 0 radical (unpaired) electrons. The normalized spacial score (nSPS) is 14.8. The van der Waals surface area contributed by atoms with Crippen molar-refractivity contribution in [2.75, 3.05) is 13.1 Å². The van der Waals surface area contributed by atoms with Crippen molar-refractivity contribution < 1.29 is 19.1 Å². The predicted octanol–water partition coefficient (Wildman–Crippen LogP) is 4.12. The molecule has 1 saturated heterocycles. The van der Waals surface area contributed by atoms with E-state index in [9.17, 15) is 9.59 Å². The molecule has 1 aromatic heterocycles. The number of carbonyl (C=O) groups is 2. The van der Waals surface area contributed by atoms with Crippen LogP contribution in [0.5, 0.6) is 5.88 Å². The van der Waals surface area contributed by atoms with Gasteiger partial charge in [-0.1, -0.05) is 66.7 Å². The number of nitrogens with one attached hydrogen (secondary N) is 1. The number of ether oxygens (including phenoxy) is 2. The van der Waals surface area contributed by atoms with Crippen molar-refractivity contribution in [2.24, 2.45) is 0 Å². The van der Waals surface area contributed by atoms with Gasteiger partial charge in [-0.15, -0.1) is 0 Å². The van der Waals surface area contributed by atoms with Crippen LogP contribution in [0.3, 0.4) is 0 Å². The van der Waals surface area contributed by atoms with Gasteiger partial charge in [0.25, 0.3) is 0 Å². The fourth-order valence-electron chi connectivity index (χ4n) is 3.78. The van der Waals surface area contributed by atoms with Crippen LogP contribution in [0.2, 0.25) is 0 Å². The Labute approximate surface area is 193 Å². The van der Waals surface area contributed by atoms with Gasteiger partial charge in [-0.2, -0.15) is 0 Å². The Bertz CT molecular complexity index is 1020. The number of piperidine rings is 1. The molecule has 1 aliphatic rings. The van der Waals surface area contributed by atoms with Crippen molar-refractivity contribution in [1.82, 2.24) is 15.2 Å². The van der Waals surface area contributed by atoms with Gasteiger partial charge in [-0.05, 0) is 17.2 Å². The molecule has 33 heavy (non-hydrogen) atoms. The molecule has 7 heteroatoms. The van der Waals surface area contributed by atoms with Crippen LogP contribution < -0.4 is 10.1 Å². The van der Waals surface area contributed by atoms with E-state index < -0.39 is 12.1 Å². The number of amides is 2. The third kappa shape index (κ3) is 6.32. The Morgan fingerprint density at radius 2 is 1.61 bits per heavy atom. The van der Waals surface area contributed by atoms with Crippen LogP contribution in [0, 0.1) is 0 Å². The summed E-state index contributed by atoms with van der Waals surface area (Å²) in [6.07, 6.45) is 2.46. The molecule has 170 valence electrons. The molecule has 1 fully saturated rings. The van der Waals surface area contributed by atoms with E-state index in [1.54, 1.807) is 11.1 Å². The number of aromatic nitrogens is 1. The minimum atomic E-state index is -0.817. The molecule has 1 N–H and O–H groups in total. The Balaban J connectivity index is 1.36. The van der Waals surface area contributed by atoms with Crippen molar-refractivity contribution in [3.05, 3.63) is 96.2 Å². The monoisotopic (exact) mass is 445 g/mol. The number of carbonyl (C=O) groups excluding carboxylic acids is 2. The number of pyridine rings is 1. The van der Waals surface area contributed by atoms with Crippen LogP contribution in [-0.4, -0.2) is 41.1 Å². The Morgan fingerprint density at radius 1 is 0.939 bits per heavy atom. The summed E-state index contributed by atoms with van der Waals surface area (Å²) in [5, 5.41) is 2.76. The largest absolute Gasteiger partial charge is 0.474 e. The fourth-order valence-corrected chi connectivity index (χ4v) is 3.78. The van der Waals surface area contributed by atoms with Gasteiger partial charge >= 0.3 is 6.09 Å². The number of alkyl carbamates (subject to hydrolysis) is 1. The molecule has 7 nitrogen and oxygen atoms in total. The first-order chi connectivity index (χ1) is 16.2. The number of likely N-dealkylation sites (tertiary alicyclic amines) is 1. The number of hydrogen-bond donors (Lipinski definition) is 1. The summed E-state index contributed by atoms with van der Waals surface area (Å²) < 4.78 is 11.3. The second kappa shape index (κ2) is 11.1. The Kier molecular flexibility index (Phi) is 7.53. The van der Waals surface area contributed by atoms with Crippen LogP contribution in [0.25, 0.3) is 0 Å². The summed E-state index contributed by atoms with van der Waals surface area (Å²) in [6.45, 7) is 1.22. The van der Waals surface area contributed by atoms with Crippen LogP contribution in [0.4, 0.5) is 4.79 Å². The van der Waals surface area contributed by atoms with E-state index in [1.807, 2.05) is 78.9 Å². The van der Waals surface area contributed by atoms with Crippen LogP contribution in [0.15, 0.2) is 85.1 Å². The molecule has 0 bridgehead atoms. The average molecular weight is 446 g/mol. The second-order valence-corrected chi connectivity index (χ2v) is 7.86. The maximum Gasteiger partial charge on any atom is 0.408 e. The molecule has 0 saturated carbocycles. The van der Waals surface area contributed by atoms with Gasteiger partial charge in [0.05, 0.1) is 0 Å². The van der Waals surface area contributed by atoms with Crippen molar-refractivity contribution in [2.45, 2.75) is 31.6 Å². The highest BCUT2D eigenvalue weighted by atomic mass is 16.5. The molecule has 2 amide bonds. The van der Waals surface area contributed by atoms with E-state index in [0.29, 0.717) is 37.4 Å². The summed E-state index contributed by atoms with van der Waals surface area (Å²) in [4.78, 5) is 31.9. The van der Waals surface area contributed by atoms with Gasteiger partial charge in [0, 0.05) is 38.2 Å². The van der Waals surface area contributed by atoms with Crippen LogP contribution >= 0.6 is 0 Å². The number of rotatable bonds is 7. The molecule has 4 rings (SSSR count). The van der Waals surface area contributed by atoms with Crippen molar-refractivity contribution in [3.63, 3.8) is 0 Å². The topological polar surface area (TPSA) is 80.8 Å². The number of benzene rings is 2. The molecular formula is C26H27N3O4. The van der Waals surface area contributed by atoms with E-state index in [4.69, 9.17) is 9.47 Å². The van der Waals surface area contributed by atoms with Crippen LogP contribution in [-0.2, 0) is 16.1 Å². The fraction of sp³-hybridized carbons (Fsp3) is 0.269. The molecule has 0 unspecified atom stereocenters. The van der Waals surface area contributed by atoms with Crippen LogP contribution in [0.1, 0.15) is 30.0 Å². The predicted molar refractivity (Wildman–Crippen MR) is 123 cm³/mol. The molecule has 1 aliphatic heterocycles. The van der Waals surface area contributed by atoms with Crippen molar-refractivity contribution in [1.29, 1.82) is 0 Å². The second-order valence-electron chi connectivity index (χ2n) is 7.86. The van der Waals surface area contributed by atoms with Crippen molar-refractivity contribution in [3.8, 4) is 5.88 Å². The van der Waals surface area contributed by atoms with E-state index in [2.05, 4.69) is 10.3 Å². The lowest BCUT2D eigenvalue weighted by Gasteiger charge is -2.34. The van der Waals surface area contributed by atoms with Gasteiger partial charge in [-0.3, -0.25) is 4.79 Å². The lowest BCUT2D eigenvalue weighted by molar-refractivity contribution is -0.135. The third-order valence-electron chi connectivity index (χ3n) is 5.53. The van der Waals surface area contributed by atoms with E-state index in [-0.39, 0.29) is 18.6 Å². The molecule has 0 aliphatic carbocycles. The van der Waals surface area contributed by atoms with Gasteiger partial charge < -0.3 is 19.7 Å². The first kappa shape index (κ1) is 22.3. The minimum absolute atomic E-state index is 0.00271. The van der Waals surface area contributed by atoms with Gasteiger partial charge in [-0.25, -0.2) is 9.78 Å². The zero-order valence-corrected chi connectivity index (χ0v) is 18.3. The van der Waals surface area contributed by atoms with E-state index >= 15 is 0 Å².